The van der Waals surface area contributed by atoms with Crippen LogP contribution in [0.1, 0.15) is 27.7 Å². The van der Waals surface area contributed by atoms with E-state index < -0.39 is 0 Å². The van der Waals surface area contributed by atoms with Gasteiger partial charge in [-0.2, -0.15) is 0 Å². The molecule has 0 saturated carbocycles. The Morgan fingerprint density at radius 3 is 2.09 bits per heavy atom. The van der Waals surface area contributed by atoms with Crippen molar-refractivity contribution in [3.8, 4) is 0 Å². The van der Waals surface area contributed by atoms with Crippen molar-refractivity contribution in [2.75, 3.05) is 7.05 Å². The summed E-state index contributed by atoms with van der Waals surface area (Å²) in [5.74, 6) is 0. The lowest BCUT2D eigenvalue weighted by molar-refractivity contribution is 0.0965. The fraction of sp³-hybridized carbons (Fsp3) is 0.778. The summed E-state index contributed by atoms with van der Waals surface area (Å²) < 4.78 is 0. The number of likely N-dealkylation sites (N-methyl/N-ethyl adjacent to an activating group) is 1. The highest BCUT2D eigenvalue weighted by Crippen LogP contribution is 2.29. The Bertz CT molecular complexity index is 180. The summed E-state index contributed by atoms with van der Waals surface area (Å²) in [6.45, 7) is 8.91. The summed E-state index contributed by atoms with van der Waals surface area (Å²) >= 11 is 0. The molecule has 2 nitrogen and oxygen atoms in total. The van der Waals surface area contributed by atoms with Crippen LogP contribution in [-0.2, 0) is 0 Å². The second-order valence-corrected chi connectivity index (χ2v) is 4.25. The molecule has 0 aromatic heterocycles. The Hall–Kier alpha value is -0.660. The second-order valence-electron chi connectivity index (χ2n) is 4.25. The van der Waals surface area contributed by atoms with Gasteiger partial charge in [-0.3, -0.25) is 0 Å². The Labute approximate surface area is 69.3 Å². The van der Waals surface area contributed by atoms with Gasteiger partial charge in [0.1, 0.15) is 0 Å². The predicted molar refractivity (Wildman–Crippen MR) is 48.2 cm³/mol. The van der Waals surface area contributed by atoms with E-state index in [0.717, 1.165) is 0 Å². The van der Waals surface area contributed by atoms with Crippen molar-refractivity contribution in [1.82, 2.24) is 10.2 Å². The molecule has 1 N–H and O–H groups in total. The lowest BCUT2D eigenvalue weighted by atomic mass is 9.80. The molecule has 1 aliphatic heterocycles. The zero-order valence-corrected chi connectivity index (χ0v) is 8.10. The van der Waals surface area contributed by atoms with Crippen LogP contribution in [0.15, 0.2) is 12.4 Å². The van der Waals surface area contributed by atoms with E-state index in [1.54, 1.807) is 0 Å². The maximum Gasteiger partial charge on any atom is 0.0561 e. The van der Waals surface area contributed by atoms with E-state index in [4.69, 9.17) is 0 Å². The Morgan fingerprint density at radius 1 is 1.18 bits per heavy atom. The standard InChI is InChI=1S/C9H18N2/c1-8(2)9(3,4)11(5)7-6-10-8/h6-7,10H,1-5H3. The molecule has 1 heterocycles. The van der Waals surface area contributed by atoms with Gasteiger partial charge >= 0.3 is 0 Å². The summed E-state index contributed by atoms with van der Waals surface area (Å²) in [7, 11) is 2.11. The SMILES string of the molecule is CN1C=CNC(C)(C)C1(C)C. The highest BCUT2D eigenvalue weighted by Gasteiger charge is 2.40. The van der Waals surface area contributed by atoms with Gasteiger partial charge in [-0.1, -0.05) is 0 Å². The Morgan fingerprint density at radius 2 is 1.73 bits per heavy atom. The van der Waals surface area contributed by atoms with Crippen LogP contribution in [0, 0.1) is 0 Å². The first kappa shape index (κ1) is 8.44. The molecule has 0 atom stereocenters. The lowest BCUT2D eigenvalue weighted by Crippen LogP contribution is -2.63. The van der Waals surface area contributed by atoms with E-state index in [9.17, 15) is 0 Å². The van der Waals surface area contributed by atoms with Gasteiger partial charge in [0.2, 0.25) is 0 Å². The van der Waals surface area contributed by atoms with E-state index in [1.807, 2.05) is 6.20 Å². The van der Waals surface area contributed by atoms with Gasteiger partial charge < -0.3 is 10.2 Å². The van der Waals surface area contributed by atoms with Crippen LogP contribution >= 0.6 is 0 Å². The highest BCUT2D eigenvalue weighted by atomic mass is 15.2. The van der Waals surface area contributed by atoms with Gasteiger partial charge in [0.15, 0.2) is 0 Å². The van der Waals surface area contributed by atoms with Crippen LogP contribution in [0.4, 0.5) is 0 Å². The molecular formula is C9H18N2. The molecule has 0 fully saturated rings. The van der Waals surface area contributed by atoms with Gasteiger partial charge in [-0.15, -0.1) is 0 Å². The third-order valence-corrected chi connectivity index (χ3v) is 3.15. The lowest BCUT2D eigenvalue weighted by Gasteiger charge is -2.50. The molecule has 0 radical (unpaired) electrons. The summed E-state index contributed by atoms with van der Waals surface area (Å²) in [6.07, 6.45) is 4.08. The van der Waals surface area contributed by atoms with Gasteiger partial charge in [-0.25, -0.2) is 0 Å². The summed E-state index contributed by atoms with van der Waals surface area (Å²) in [6, 6.07) is 0. The van der Waals surface area contributed by atoms with Crippen molar-refractivity contribution in [3.05, 3.63) is 12.4 Å². The Kier molecular flexibility index (Phi) is 1.66. The molecular weight excluding hydrogens is 136 g/mol. The number of nitrogens with zero attached hydrogens (tertiary/aromatic N) is 1. The van der Waals surface area contributed by atoms with Crippen LogP contribution in [0.25, 0.3) is 0 Å². The smallest absolute Gasteiger partial charge is 0.0561 e. The minimum atomic E-state index is 0.135. The molecule has 0 aromatic carbocycles. The number of hydrogen-bond acceptors (Lipinski definition) is 2. The van der Waals surface area contributed by atoms with E-state index in [1.165, 1.54) is 0 Å². The maximum absolute atomic E-state index is 3.36. The molecule has 11 heavy (non-hydrogen) atoms. The molecule has 1 aliphatic rings. The number of hydrogen-bond donors (Lipinski definition) is 1. The molecule has 2 heteroatoms. The third kappa shape index (κ3) is 1.10. The fourth-order valence-electron chi connectivity index (χ4n) is 1.16. The first-order chi connectivity index (χ1) is 4.88. The third-order valence-electron chi connectivity index (χ3n) is 3.15. The van der Waals surface area contributed by atoms with Crippen molar-refractivity contribution >= 4 is 0 Å². The number of nitrogens with one attached hydrogen (secondary N) is 1. The minimum Gasteiger partial charge on any atom is -0.383 e. The largest absolute Gasteiger partial charge is 0.383 e. The summed E-state index contributed by atoms with van der Waals surface area (Å²) in [5.41, 5.74) is 0.304. The van der Waals surface area contributed by atoms with Crippen LogP contribution in [0.3, 0.4) is 0 Å². The molecule has 0 spiro atoms. The average molecular weight is 154 g/mol. The molecule has 0 bridgehead atoms. The second kappa shape index (κ2) is 2.16. The monoisotopic (exact) mass is 154 g/mol. The molecule has 0 saturated heterocycles. The topological polar surface area (TPSA) is 15.3 Å². The first-order valence-electron chi connectivity index (χ1n) is 4.05. The fourth-order valence-corrected chi connectivity index (χ4v) is 1.16. The van der Waals surface area contributed by atoms with Crippen molar-refractivity contribution in [3.63, 3.8) is 0 Å². The van der Waals surface area contributed by atoms with E-state index >= 15 is 0 Å². The van der Waals surface area contributed by atoms with Crippen molar-refractivity contribution in [1.29, 1.82) is 0 Å². The van der Waals surface area contributed by atoms with E-state index in [-0.39, 0.29) is 11.1 Å². The highest BCUT2D eigenvalue weighted by molar-refractivity contribution is 5.09. The molecule has 0 amide bonds. The summed E-state index contributed by atoms with van der Waals surface area (Å²) in [5, 5.41) is 3.36. The van der Waals surface area contributed by atoms with Crippen molar-refractivity contribution < 1.29 is 0 Å². The van der Waals surface area contributed by atoms with E-state index in [2.05, 4.69) is 51.2 Å². The molecule has 1 rings (SSSR count). The van der Waals surface area contributed by atoms with Gasteiger partial charge in [0, 0.05) is 19.4 Å². The van der Waals surface area contributed by atoms with Gasteiger partial charge in [0.25, 0.3) is 0 Å². The van der Waals surface area contributed by atoms with Crippen LogP contribution in [-0.4, -0.2) is 23.0 Å². The van der Waals surface area contributed by atoms with Crippen LogP contribution in [0.5, 0.6) is 0 Å². The summed E-state index contributed by atoms with van der Waals surface area (Å²) in [4.78, 5) is 2.24. The first-order valence-corrected chi connectivity index (χ1v) is 4.05. The quantitative estimate of drug-likeness (QED) is 0.569. The molecule has 64 valence electrons. The van der Waals surface area contributed by atoms with Crippen molar-refractivity contribution in [2.24, 2.45) is 0 Å². The van der Waals surface area contributed by atoms with E-state index in [0.29, 0.717) is 0 Å². The predicted octanol–water partition coefficient (Wildman–Crippen LogP) is 1.55. The van der Waals surface area contributed by atoms with Crippen molar-refractivity contribution in [2.45, 2.75) is 38.8 Å². The Balaban J connectivity index is 2.96. The van der Waals surface area contributed by atoms with Crippen LogP contribution < -0.4 is 5.32 Å². The molecule has 0 aromatic rings. The number of rotatable bonds is 0. The minimum absolute atomic E-state index is 0.135. The zero-order valence-electron chi connectivity index (χ0n) is 8.10. The van der Waals surface area contributed by atoms with Gasteiger partial charge in [-0.05, 0) is 27.7 Å². The molecule has 0 unspecified atom stereocenters. The van der Waals surface area contributed by atoms with Crippen LogP contribution in [0.2, 0.25) is 0 Å². The maximum atomic E-state index is 3.36. The average Bonchev–Trinajstić information content (AvgIpc) is 1.84. The van der Waals surface area contributed by atoms with Gasteiger partial charge in [0.05, 0.1) is 11.1 Å². The molecule has 0 aliphatic carbocycles. The zero-order chi connectivity index (χ0) is 8.70. The normalized spacial score (nSPS) is 26.5.